The number of piperidine rings is 1. The van der Waals surface area contributed by atoms with Gasteiger partial charge < -0.3 is 10.2 Å². The number of nitrogens with one attached hydrogen (secondary N) is 1. The van der Waals surface area contributed by atoms with Crippen molar-refractivity contribution in [2.75, 3.05) is 32.7 Å². The Labute approximate surface area is 108 Å². The van der Waals surface area contributed by atoms with Gasteiger partial charge in [0.1, 0.15) is 0 Å². The molecule has 0 unspecified atom stereocenters. The summed E-state index contributed by atoms with van der Waals surface area (Å²) in [5.74, 6) is 0.988. The number of hydrogen-bond acceptors (Lipinski definition) is 2. The molecule has 0 aliphatic carbocycles. The molecule has 1 fully saturated rings. The summed E-state index contributed by atoms with van der Waals surface area (Å²) in [6, 6.07) is 0. The molecule has 102 valence electrons. The summed E-state index contributed by atoms with van der Waals surface area (Å²) in [5.41, 5.74) is 0. The van der Waals surface area contributed by atoms with Gasteiger partial charge in [0.25, 0.3) is 0 Å². The lowest BCUT2D eigenvalue weighted by molar-refractivity contribution is 0.229. The van der Waals surface area contributed by atoms with E-state index in [1.54, 1.807) is 0 Å². The molecule has 0 aromatic carbocycles. The van der Waals surface area contributed by atoms with Crippen LogP contribution >= 0.6 is 0 Å². The van der Waals surface area contributed by atoms with Gasteiger partial charge in [-0.15, -0.1) is 0 Å². The SMILES string of the molecule is CCCCN(CCCC)CCC1CCNCC1. The molecule has 0 radical (unpaired) electrons. The zero-order valence-electron chi connectivity index (χ0n) is 12.0. The molecule has 0 atom stereocenters. The van der Waals surface area contributed by atoms with Crippen LogP contribution in [0.25, 0.3) is 0 Å². The standard InChI is InChI=1S/C15H32N2/c1-3-5-12-17(13-6-4-2)14-9-15-7-10-16-11-8-15/h15-16H,3-14H2,1-2H3. The molecular weight excluding hydrogens is 208 g/mol. The second-order valence-electron chi connectivity index (χ2n) is 5.53. The fraction of sp³-hybridized carbons (Fsp3) is 1.00. The predicted octanol–water partition coefficient (Wildman–Crippen LogP) is 3.28. The second-order valence-corrected chi connectivity index (χ2v) is 5.53. The van der Waals surface area contributed by atoms with Gasteiger partial charge in [-0.2, -0.15) is 0 Å². The molecule has 2 heteroatoms. The summed E-state index contributed by atoms with van der Waals surface area (Å²) in [6.07, 6.45) is 9.62. The van der Waals surface area contributed by atoms with Crippen LogP contribution in [-0.4, -0.2) is 37.6 Å². The van der Waals surface area contributed by atoms with Gasteiger partial charge in [0, 0.05) is 0 Å². The first-order valence-corrected chi connectivity index (χ1v) is 7.79. The first-order valence-electron chi connectivity index (χ1n) is 7.79. The van der Waals surface area contributed by atoms with E-state index in [0.717, 1.165) is 5.92 Å². The molecule has 1 heterocycles. The average Bonchev–Trinajstić information content (AvgIpc) is 2.39. The molecule has 1 N–H and O–H groups in total. The Kier molecular flexibility index (Phi) is 8.72. The maximum absolute atomic E-state index is 3.46. The normalized spacial score (nSPS) is 17.8. The molecule has 0 aromatic rings. The van der Waals surface area contributed by atoms with E-state index < -0.39 is 0 Å². The molecule has 1 rings (SSSR count). The van der Waals surface area contributed by atoms with E-state index in [2.05, 4.69) is 24.1 Å². The molecule has 1 saturated heterocycles. The van der Waals surface area contributed by atoms with E-state index >= 15 is 0 Å². The summed E-state index contributed by atoms with van der Waals surface area (Å²) in [5, 5.41) is 3.46. The highest BCUT2D eigenvalue weighted by molar-refractivity contribution is 4.70. The van der Waals surface area contributed by atoms with Crippen LogP contribution in [0.3, 0.4) is 0 Å². The van der Waals surface area contributed by atoms with Crippen LogP contribution in [0.15, 0.2) is 0 Å². The maximum atomic E-state index is 3.46. The minimum absolute atomic E-state index is 0.988. The van der Waals surface area contributed by atoms with E-state index in [-0.39, 0.29) is 0 Å². The lowest BCUT2D eigenvalue weighted by Gasteiger charge is -2.27. The quantitative estimate of drug-likeness (QED) is 0.665. The van der Waals surface area contributed by atoms with E-state index in [9.17, 15) is 0 Å². The Balaban J connectivity index is 2.16. The summed E-state index contributed by atoms with van der Waals surface area (Å²) < 4.78 is 0. The van der Waals surface area contributed by atoms with Crippen molar-refractivity contribution >= 4 is 0 Å². The van der Waals surface area contributed by atoms with Crippen LogP contribution in [0.1, 0.15) is 58.8 Å². The Hall–Kier alpha value is -0.0800. The van der Waals surface area contributed by atoms with Crippen LogP contribution in [-0.2, 0) is 0 Å². The highest BCUT2D eigenvalue weighted by atomic mass is 15.1. The molecule has 1 aliphatic rings. The number of unbranched alkanes of at least 4 members (excludes halogenated alkanes) is 2. The highest BCUT2D eigenvalue weighted by Crippen LogP contribution is 2.16. The van der Waals surface area contributed by atoms with Crippen molar-refractivity contribution in [3.8, 4) is 0 Å². The summed E-state index contributed by atoms with van der Waals surface area (Å²) in [4.78, 5) is 2.70. The average molecular weight is 240 g/mol. The second kappa shape index (κ2) is 9.90. The fourth-order valence-corrected chi connectivity index (χ4v) is 2.63. The van der Waals surface area contributed by atoms with E-state index in [4.69, 9.17) is 0 Å². The first kappa shape index (κ1) is 15.0. The minimum atomic E-state index is 0.988. The smallest absolute Gasteiger partial charge is 0.00161 e. The van der Waals surface area contributed by atoms with Crippen LogP contribution in [0.2, 0.25) is 0 Å². The Morgan fingerprint density at radius 2 is 1.53 bits per heavy atom. The summed E-state index contributed by atoms with van der Waals surface area (Å²) >= 11 is 0. The number of nitrogens with zero attached hydrogens (tertiary/aromatic N) is 1. The number of hydrogen-bond donors (Lipinski definition) is 1. The minimum Gasteiger partial charge on any atom is -0.317 e. The predicted molar refractivity (Wildman–Crippen MR) is 76.5 cm³/mol. The molecular formula is C15H32N2. The van der Waals surface area contributed by atoms with Crippen LogP contribution in [0, 0.1) is 5.92 Å². The largest absolute Gasteiger partial charge is 0.317 e. The van der Waals surface area contributed by atoms with Gasteiger partial charge in [0.05, 0.1) is 0 Å². The van der Waals surface area contributed by atoms with Gasteiger partial charge in [0.2, 0.25) is 0 Å². The third-order valence-corrected chi connectivity index (χ3v) is 3.97. The van der Waals surface area contributed by atoms with Gasteiger partial charge in [-0.05, 0) is 70.7 Å². The lowest BCUT2D eigenvalue weighted by atomic mass is 9.94. The van der Waals surface area contributed by atoms with Crippen molar-refractivity contribution in [3.63, 3.8) is 0 Å². The summed E-state index contributed by atoms with van der Waals surface area (Å²) in [7, 11) is 0. The van der Waals surface area contributed by atoms with Crippen molar-refractivity contribution in [2.24, 2.45) is 5.92 Å². The molecule has 0 saturated carbocycles. The van der Waals surface area contributed by atoms with E-state index in [1.165, 1.54) is 77.7 Å². The molecule has 0 spiro atoms. The van der Waals surface area contributed by atoms with Crippen molar-refractivity contribution < 1.29 is 0 Å². The zero-order chi connectivity index (χ0) is 12.3. The molecule has 0 amide bonds. The van der Waals surface area contributed by atoms with Crippen LogP contribution < -0.4 is 5.32 Å². The molecule has 0 bridgehead atoms. The van der Waals surface area contributed by atoms with Gasteiger partial charge in [0.15, 0.2) is 0 Å². The van der Waals surface area contributed by atoms with E-state index in [1.807, 2.05) is 0 Å². The van der Waals surface area contributed by atoms with Crippen LogP contribution in [0.4, 0.5) is 0 Å². The van der Waals surface area contributed by atoms with Crippen molar-refractivity contribution in [3.05, 3.63) is 0 Å². The third kappa shape index (κ3) is 7.05. The monoisotopic (exact) mass is 240 g/mol. The number of rotatable bonds is 9. The first-order chi connectivity index (χ1) is 8.36. The third-order valence-electron chi connectivity index (χ3n) is 3.97. The molecule has 17 heavy (non-hydrogen) atoms. The molecule has 0 aromatic heterocycles. The maximum Gasteiger partial charge on any atom is -0.00161 e. The Morgan fingerprint density at radius 3 is 2.06 bits per heavy atom. The Bertz CT molecular complexity index is 156. The van der Waals surface area contributed by atoms with Gasteiger partial charge in [-0.1, -0.05) is 26.7 Å². The van der Waals surface area contributed by atoms with Gasteiger partial charge >= 0.3 is 0 Å². The van der Waals surface area contributed by atoms with Crippen molar-refractivity contribution in [2.45, 2.75) is 58.8 Å². The fourth-order valence-electron chi connectivity index (χ4n) is 2.63. The van der Waals surface area contributed by atoms with E-state index in [0.29, 0.717) is 0 Å². The molecule has 2 nitrogen and oxygen atoms in total. The highest BCUT2D eigenvalue weighted by Gasteiger charge is 2.14. The molecule has 1 aliphatic heterocycles. The van der Waals surface area contributed by atoms with Crippen molar-refractivity contribution in [1.29, 1.82) is 0 Å². The van der Waals surface area contributed by atoms with Crippen LogP contribution in [0.5, 0.6) is 0 Å². The van der Waals surface area contributed by atoms with Gasteiger partial charge in [-0.25, -0.2) is 0 Å². The Morgan fingerprint density at radius 1 is 0.941 bits per heavy atom. The topological polar surface area (TPSA) is 15.3 Å². The summed E-state index contributed by atoms with van der Waals surface area (Å²) in [6.45, 7) is 11.1. The van der Waals surface area contributed by atoms with Gasteiger partial charge in [-0.3, -0.25) is 0 Å². The lowest BCUT2D eigenvalue weighted by Crippen LogP contribution is -2.32. The zero-order valence-corrected chi connectivity index (χ0v) is 12.0. The van der Waals surface area contributed by atoms with Crippen molar-refractivity contribution in [1.82, 2.24) is 10.2 Å².